The maximum atomic E-state index is 13.1. The van der Waals surface area contributed by atoms with Gasteiger partial charge >= 0.3 is 0 Å². The van der Waals surface area contributed by atoms with Crippen LogP contribution in [-0.2, 0) is 7.05 Å². The number of hydrogen-bond donors (Lipinski definition) is 1. The maximum absolute atomic E-state index is 13.1. The summed E-state index contributed by atoms with van der Waals surface area (Å²) in [6.07, 6.45) is 3.22. The third-order valence-corrected chi connectivity index (χ3v) is 4.99. The van der Waals surface area contributed by atoms with Gasteiger partial charge in [0.25, 0.3) is 11.5 Å². The summed E-state index contributed by atoms with van der Waals surface area (Å²) in [7, 11) is 1.79. The molecule has 1 amide bonds. The summed E-state index contributed by atoms with van der Waals surface area (Å²) in [5.74, 6) is 0.0357. The number of piperidine rings is 1. The fourth-order valence-electron chi connectivity index (χ4n) is 3.59. The minimum Gasteiger partial charge on any atom is -0.337 e. The maximum Gasteiger partial charge on any atom is 0.272 e. The van der Waals surface area contributed by atoms with Crippen molar-refractivity contribution >= 4 is 5.91 Å². The van der Waals surface area contributed by atoms with Gasteiger partial charge in [-0.25, -0.2) is 4.98 Å². The molecule has 0 aliphatic carbocycles. The molecule has 2 aromatic heterocycles. The van der Waals surface area contributed by atoms with Crippen LogP contribution >= 0.6 is 0 Å². The molecule has 0 saturated carbocycles. The van der Waals surface area contributed by atoms with E-state index in [1.165, 1.54) is 12.4 Å². The topological polar surface area (TPSA) is 83.9 Å². The monoisotopic (exact) mass is 363 g/mol. The van der Waals surface area contributed by atoms with E-state index in [2.05, 4.69) is 15.1 Å². The molecule has 7 heteroatoms. The Balaban J connectivity index is 1.56. The molecule has 138 valence electrons. The lowest BCUT2D eigenvalue weighted by Gasteiger charge is -2.32. The van der Waals surface area contributed by atoms with E-state index < -0.39 is 0 Å². The Labute approximate surface area is 156 Å². The lowest BCUT2D eigenvalue weighted by atomic mass is 9.94. The van der Waals surface area contributed by atoms with Gasteiger partial charge in [0.1, 0.15) is 5.69 Å². The van der Waals surface area contributed by atoms with E-state index in [0.717, 1.165) is 29.8 Å². The van der Waals surface area contributed by atoms with E-state index in [4.69, 9.17) is 0 Å². The highest BCUT2D eigenvalue weighted by Crippen LogP contribution is 2.26. The molecular weight excluding hydrogens is 342 g/mol. The van der Waals surface area contributed by atoms with E-state index in [1.54, 1.807) is 11.7 Å². The molecule has 0 radical (unpaired) electrons. The minimum atomic E-state index is -0.164. The van der Waals surface area contributed by atoms with Crippen molar-refractivity contribution in [1.82, 2.24) is 24.6 Å². The van der Waals surface area contributed by atoms with E-state index in [0.29, 0.717) is 18.8 Å². The number of hydrogen-bond acceptors (Lipinski definition) is 4. The number of carbonyl (C=O) groups excluding carboxylic acids is 1. The number of nitrogens with one attached hydrogen (secondary N) is 1. The number of aromatic amines is 1. The Bertz CT molecular complexity index is 1010. The molecule has 1 N–H and O–H groups in total. The summed E-state index contributed by atoms with van der Waals surface area (Å²) in [6, 6.07) is 13.2. The summed E-state index contributed by atoms with van der Waals surface area (Å²) in [4.78, 5) is 33.3. The van der Waals surface area contributed by atoms with Crippen molar-refractivity contribution in [3.63, 3.8) is 0 Å². The lowest BCUT2D eigenvalue weighted by Crippen LogP contribution is -2.40. The molecule has 4 rings (SSSR count). The lowest BCUT2D eigenvalue weighted by molar-refractivity contribution is 0.0694. The fourth-order valence-corrected chi connectivity index (χ4v) is 3.59. The Hall–Kier alpha value is -3.22. The van der Waals surface area contributed by atoms with E-state index >= 15 is 0 Å². The van der Waals surface area contributed by atoms with Gasteiger partial charge in [0.05, 0.1) is 17.7 Å². The third kappa shape index (κ3) is 3.53. The zero-order valence-corrected chi connectivity index (χ0v) is 15.1. The predicted octanol–water partition coefficient (Wildman–Crippen LogP) is 2.19. The van der Waals surface area contributed by atoms with Crippen LogP contribution in [0.2, 0.25) is 0 Å². The Kier molecular flexibility index (Phi) is 4.58. The van der Waals surface area contributed by atoms with Crippen molar-refractivity contribution in [2.75, 3.05) is 13.1 Å². The first kappa shape index (κ1) is 17.2. The molecule has 3 aromatic rings. The molecule has 1 saturated heterocycles. The first-order valence-corrected chi connectivity index (χ1v) is 9.05. The second-order valence-electron chi connectivity index (χ2n) is 6.83. The number of aromatic nitrogens is 4. The molecule has 1 aliphatic heterocycles. The molecular formula is C20H21N5O2. The number of amides is 1. The highest BCUT2D eigenvalue weighted by molar-refractivity contribution is 5.93. The van der Waals surface area contributed by atoms with E-state index in [1.807, 2.05) is 41.3 Å². The van der Waals surface area contributed by atoms with Crippen molar-refractivity contribution in [3.8, 4) is 11.3 Å². The van der Waals surface area contributed by atoms with Crippen LogP contribution in [-0.4, -0.2) is 43.6 Å². The van der Waals surface area contributed by atoms with Crippen LogP contribution in [0.5, 0.6) is 0 Å². The van der Waals surface area contributed by atoms with E-state index in [9.17, 15) is 9.59 Å². The molecule has 1 fully saturated rings. The number of likely N-dealkylation sites (tertiary alicyclic amines) is 1. The minimum absolute atomic E-state index is 0.0401. The molecule has 0 bridgehead atoms. The van der Waals surface area contributed by atoms with Crippen LogP contribution in [0.25, 0.3) is 11.3 Å². The normalized spacial score (nSPS) is 17.1. The van der Waals surface area contributed by atoms with Crippen molar-refractivity contribution in [2.45, 2.75) is 18.8 Å². The molecule has 1 atom stereocenters. The second kappa shape index (κ2) is 7.19. The van der Waals surface area contributed by atoms with Crippen molar-refractivity contribution in [3.05, 3.63) is 70.5 Å². The first-order valence-electron chi connectivity index (χ1n) is 9.05. The molecule has 1 unspecified atom stereocenters. The molecule has 3 heterocycles. The summed E-state index contributed by atoms with van der Waals surface area (Å²) in [5.41, 5.74) is 2.91. The van der Waals surface area contributed by atoms with Gasteiger partial charge in [0.2, 0.25) is 0 Å². The Morgan fingerprint density at radius 2 is 2.04 bits per heavy atom. The van der Waals surface area contributed by atoms with Gasteiger partial charge in [0.15, 0.2) is 0 Å². The number of carbonyl (C=O) groups is 1. The molecule has 1 aromatic carbocycles. The van der Waals surface area contributed by atoms with Crippen LogP contribution in [0.15, 0.2) is 53.6 Å². The van der Waals surface area contributed by atoms with Gasteiger partial charge in [-0.15, -0.1) is 0 Å². The standard InChI is InChI=1S/C20H21N5O2/c1-24-18(10-17(23-24)14-6-3-2-4-7-14)20(27)25-9-5-8-15(12-25)16-11-19(26)22-13-21-16/h2-4,6-7,10-11,13,15H,5,8-9,12H2,1H3,(H,21,22,26). The van der Waals surface area contributed by atoms with Crippen molar-refractivity contribution in [1.29, 1.82) is 0 Å². The number of rotatable bonds is 3. The Morgan fingerprint density at radius 3 is 2.81 bits per heavy atom. The zero-order valence-electron chi connectivity index (χ0n) is 15.1. The number of benzene rings is 1. The van der Waals surface area contributed by atoms with E-state index in [-0.39, 0.29) is 17.4 Å². The van der Waals surface area contributed by atoms with Gasteiger partial charge in [0, 0.05) is 37.7 Å². The zero-order chi connectivity index (χ0) is 18.8. The third-order valence-electron chi connectivity index (χ3n) is 4.99. The molecule has 1 aliphatic rings. The smallest absolute Gasteiger partial charge is 0.272 e. The molecule has 27 heavy (non-hydrogen) atoms. The van der Waals surface area contributed by atoms with Gasteiger partial charge in [-0.2, -0.15) is 5.10 Å². The SMILES string of the molecule is Cn1nc(-c2ccccc2)cc1C(=O)N1CCCC(c2cc(=O)[nH]cn2)C1. The molecule has 0 spiro atoms. The summed E-state index contributed by atoms with van der Waals surface area (Å²) in [6.45, 7) is 1.26. The van der Waals surface area contributed by atoms with Gasteiger partial charge in [-0.1, -0.05) is 30.3 Å². The largest absolute Gasteiger partial charge is 0.337 e. The van der Waals surface area contributed by atoms with Gasteiger partial charge in [-0.3, -0.25) is 14.3 Å². The summed E-state index contributed by atoms with van der Waals surface area (Å²) in [5, 5.41) is 4.50. The average molecular weight is 363 g/mol. The van der Waals surface area contributed by atoms with Crippen molar-refractivity contribution in [2.24, 2.45) is 7.05 Å². The Morgan fingerprint density at radius 1 is 1.22 bits per heavy atom. The number of H-pyrrole nitrogens is 1. The summed E-state index contributed by atoms with van der Waals surface area (Å²) < 4.78 is 1.64. The van der Waals surface area contributed by atoms with Crippen molar-refractivity contribution < 1.29 is 4.79 Å². The summed E-state index contributed by atoms with van der Waals surface area (Å²) >= 11 is 0. The second-order valence-corrected chi connectivity index (χ2v) is 6.83. The predicted molar refractivity (Wildman–Crippen MR) is 101 cm³/mol. The highest BCUT2D eigenvalue weighted by Gasteiger charge is 2.28. The fraction of sp³-hybridized carbons (Fsp3) is 0.300. The number of aryl methyl sites for hydroxylation is 1. The number of nitrogens with zero attached hydrogens (tertiary/aromatic N) is 4. The van der Waals surface area contributed by atoms with Crippen LogP contribution in [0.4, 0.5) is 0 Å². The van der Waals surface area contributed by atoms with Gasteiger partial charge in [-0.05, 0) is 18.9 Å². The van der Waals surface area contributed by atoms with Crippen LogP contribution < -0.4 is 5.56 Å². The van der Waals surface area contributed by atoms with Crippen LogP contribution in [0, 0.1) is 0 Å². The van der Waals surface area contributed by atoms with Gasteiger partial charge < -0.3 is 9.88 Å². The average Bonchev–Trinajstić information content (AvgIpc) is 3.10. The highest BCUT2D eigenvalue weighted by atomic mass is 16.2. The van der Waals surface area contributed by atoms with Crippen LogP contribution in [0.1, 0.15) is 34.9 Å². The first-order chi connectivity index (χ1) is 13.1. The quantitative estimate of drug-likeness (QED) is 0.773. The molecule has 7 nitrogen and oxygen atoms in total. The van der Waals surface area contributed by atoms with Crippen LogP contribution in [0.3, 0.4) is 0 Å².